The first kappa shape index (κ1) is 14.4. The molecule has 1 amide bonds. The van der Waals surface area contributed by atoms with Gasteiger partial charge in [0.25, 0.3) is 5.91 Å². The number of benzene rings is 1. The van der Waals surface area contributed by atoms with Crippen LogP contribution in [0.1, 0.15) is 31.2 Å². The molecule has 0 saturated carbocycles. The Balaban J connectivity index is 2.07. The highest BCUT2D eigenvalue weighted by molar-refractivity contribution is 5.82. The summed E-state index contributed by atoms with van der Waals surface area (Å²) in [7, 11) is 0. The predicted molar refractivity (Wildman–Crippen MR) is 73.2 cm³/mol. The van der Waals surface area contributed by atoms with Crippen LogP contribution in [0.5, 0.6) is 0 Å². The van der Waals surface area contributed by atoms with Crippen LogP contribution in [-0.4, -0.2) is 34.7 Å². The van der Waals surface area contributed by atoms with Gasteiger partial charge in [-0.2, -0.15) is 0 Å². The van der Waals surface area contributed by atoms with Crippen molar-refractivity contribution in [2.75, 3.05) is 6.54 Å². The summed E-state index contributed by atoms with van der Waals surface area (Å²) in [6.07, 6.45) is 0.968. The van der Waals surface area contributed by atoms with E-state index < -0.39 is 12.3 Å². The normalized spacial score (nSPS) is 20.1. The molecule has 0 bridgehead atoms. The van der Waals surface area contributed by atoms with Gasteiger partial charge in [-0.05, 0) is 24.8 Å². The molecule has 2 rings (SSSR count). The largest absolute Gasteiger partial charge is 0.506 e. The first-order chi connectivity index (χ1) is 9.66. The fourth-order valence-corrected chi connectivity index (χ4v) is 2.44. The molecule has 1 aromatic carbocycles. The molecule has 1 saturated heterocycles. The molecule has 1 fully saturated rings. The Morgan fingerprint density at radius 1 is 1.25 bits per heavy atom. The minimum atomic E-state index is -1.39. The van der Waals surface area contributed by atoms with E-state index in [0.29, 0.717) is 19.5 Å². The van der Waals surface area contributed by atoms with Crippen molar-refractivity contribution in [3.63, 3.8) is 0 Å². The summed E-state index contributed by atoms with van der Waals surface area (Å²) in [5.74, 6) is -0.226. The highest BCUT2D eigenvalue weighted by Crippen LogP contribution is 2.17. The molecule has 20 heavy (non-hydrogen) atoms. The lowest BCUT2D eigenvalue weighted by atomic mass is 10.0. The number of hydrogen-bond donors (Lipinski definition) is 1. The van der Waals surface area contributed by atoms with Gasteiger partial charge < -0.3 is 14.7 Å². The number of nitrogens with zero attached hydrogens (tertiary/aromatic N) is 1. The third kappa shape index (κ3) is 3.98. The van der Waals surface area contributed by atoms with Crippen molar-refractivity contribution in [1.29, 1.82) is 0 Å². The zero-order chi connectivity index (χ0) is 14.4. The summed E-state index contributed by atoms with van der Waals surface area (Å²) in [5, 5.41) is 8.73. The monoisotopic (exact) mass is 277 g/mol. The van der Waals surface area contributed by atoms with Gasteiger partial charge in [0, 0.05) is 13.1 Å². The Bertz CT molecular complexity index is 460. The number of carboxylic acid groups (broad SMARTS) is 1. The smallest absolute Gasteiger partial charge is 0.450 e. The lowest BCUT2D eigenvalue weighted by molar-refractivity contribution is -0.143. The maximum Gasteiger partial charge on any atom is 0.506 e. The second-order valence-electron chi connectivity index (χ2n) is 4.97. The molecule has 5 heteroatoms. The summed E-state index contributed by atoms with van der Waals surface area (Å²) < 4.78 is 4.73. The molecule has 1 aliphatic rings. The highest BCUT2D eigenvalue weighted by atomic mass is 16.7. The molecule has 0 radical (unpaired) electrons. The topological polar surface area (TPSA) is 66.8 Å². The highest BCUT2D eigenvalue weighted by Gasteiger charge is 2.28. The standard InChI is InChI=1S/C15H19NO4/c17-14-13(20-15(18)19)9-5-2-6-10-16(14)11-12-7-3-1-4-8-12/h1,3-4,7-8,13H,2,5-6,9-11H2,(H,18,19). The van der Waals surface area contributed by atoms with Crippen molar-refractivity contribution >= 4 is 12.1 Å². The molecule has 108 valence electrons. The quantitative estimate of drug-likeness (QED) is 0.862. The maximum atomic E-state index is 12.4. The number of carbonyl (C=O) groups excluding carboxylic acids is 1. The van der Waals surface area contributed by atoms with Crippen LogP contribution in [0.2, 0.25) is 0 Å². The average Bonchev–Trinajstić information content (AvgIpc) is 2.43. The van der Waals surface area contributed by atoms with E-state index in [4.69, 9.17) is 9.84 Å². The summed E-state index contributed by atoms with van der Waals surface area (Å²) in [6.45, 7) is 1.15. The molecule has 1 atom stereocenters. The molecule has 0 spiro atoms. The molecule has 1 aromatic rings. The number of carbonyl (C=O) groups is 2. The number of hydrogen-bond acceptors (Lipinski definition) is 3. The lowest BCUT2D eigenvalue weighted by Crippen LogP contribution is -2.42. The zero-order valence-electron chi connectivity index (χ0n) is 11.3. The minimum Gasteiger partial charge on any atom is -0.450 e. The van der Waals surface area contributed by atoms with Gasteiger partial charge in [0.1, 0.15) is 0 Å². The molecule has 1 N–H and O–H groups in total. The zero-order valence-corrected chi connectivity index (χ0v) is 11.3. The molecule has 5 nitrogen and oxygen atoms in total. The fraction of sp³-hybridized carbons (Fsp3) is 0.467. The van der Waals surface area contributed by atoms with Crippen molar-refractivity contribution in [1.82, 2.24) is 4.90 Å². The van der Waals surface area contributed by atoms with Gasteiger partial charge in [0.15, 0.2) is 6.10 Å². The second kappa shape index (κ2) is 6.93. The Morgan fingerprint density at radius 2 is 2.00 bits per heavy atom. The Kier molecular flexibility index (Phi) is 4.98. The Hall–Kier alpha value is -2.04. The van der Waals surface area contributed by atoms with Crippen LogP contribution in [-0.2, 0) is 16.1 Å². The summed E-state index contributed by atoms with van der Waals surface area (Å²) in [4.78, 5) is 24.8. The SMILES string of the molecule is O=C(O)OC1CCCCCN(Cc2ccccc2)C1=O. The van der Waals surface area contributed by atoms with Gasteiger partial charge in [-0.25, -0.2) is 4.79 Å². The minimum absolute atomic E-state index is 0.226. The third-order valence-electron chi connectivity index (χ3n) is 3.44. The number of amides is 1. The van der Waals surface area contributed by atoms with Crippen LogP contribution >= 0.6 is 0 Å². The Labute approximate surface area is 118 Å². The van der Waals surface area contributed by atoms with Crippen LogP contribution in [0, 0.1) is 0 Å². The second-order valence-corrected chi connectivity index (χ2v) is 4.97. The maximum absolute atomic E-state index is 12.4. The lowest BCUT2D eigenvalue weighted by Gasteiger charge is -2.29. The fourth-order valence-electron chi connectivity index (χ4n) is 2.44. The van der Waals surface area contributed by atoms with Crippen molar-refractivity contribution in [2.24, 2.45) is 0 Å². The van der Waals surface area contributed by atoms with E-state index in [-0.39, 0.29) is 5.91 Å². The first-order valence-corrected chi connectivity index (χ1v) is 6.89. The van der Waals surface area contributed by atoms with E-state index in [1.54, 1.807) is 4.90 Å². The molecule has 0 aromatic heterocycles. The van der Waals surface area contributed by atoms with Crippen LogP contribution in [0.3, 0.4) is 0 Å². The van der Waals surface area contributed by atoms with Gasteiger partial charge >= 0.3 is 6.16 Å². The molecule has 1 heterocycles. The summed E-state index contributed by atoms with van der Waals surface area (Å²) in [6, 6.07) is 9.69. The molecule has 0 aliphatic carbocycles. The molecular formula is C15H19NO4. The number of ether oxygens (including phenoxy) is 1. The molecule has 1 aliphatic heterocycles. The summed E-state index contributed by atoms with van der Waals surface area (Å²) >= 11 is 0. The van der Waals surface area contributed by atoms with E-state index >= 15 is 0 Å². The van der Waals surface area contributed by atoms with E-state index in [2.05, 4.69) is 0 Å². The Morgan fingerprint density at radius 3 is 2.70 bits per heavy atom. The first-order valence-electron chi connectivity index (χ1n) is 6.89. The van der Waals surface area contributed by atoms with E-state index in [0.717, 1.165) is 24.8 Å². The van der Waals surface area contributed by atoms with E-state index in [1.165, 1.54) is 0 Å². The van der Waals surface area contributed by atoms with Crippen molar-refractivity contribution in [3.05, 3.63) is 35.9 Å². The van der Waals surface area contributed by atoms with Gasteiger partial charge in [0.2, 0.25) is 0 Å². The van der Waals surface area contributed by atoms with Crippen LogP contribution in [0.4, 0.5) is 4.79 Å². The summed E-state index contributed by atoms with van der Waals surface area (Å²) in [5.41, 5.74) is 1.04. The molecular weight excluding hydrogens is 258 g/mol. The van der Waals surface area contributed by atoms with Gasteiger partial charge in [-0.3, -0.25) is 4.79 Å². The van der Waals surface area contributed by atoms with E-state index in [9.17, 15) is 9.59 Å². The van der Waals surface area contributed by atoms with Crippen molar-refractivity contribution < 1.29 is 19.4 Å². The van der Waals surface area contributed by atoms with Gasteiger partial charge in [-0.1, -0.05) is 36.8 Å². The van der Waals surface area contributed by atoms with Crippen molar-refractivity contribution in [2.45, 2.75) is 38.3 Å². The third-order valence-corrected chi connectivity index (χ3v) is 3.44. The van der Waals surface area contributed by atoms with Crippen LogP contribution in [0.25, 0.3) is 0 Å². The predicted octanol–water partition coefficient (Wildman–Crippen LogP) is 2.65. The van der Waals surface area contributed by atoms with Crippen LogP contribution < -0.4 is 0 Å². The average molecular weight is 277 g/mol. The van der Waals surface area contributed by atoms with Crippen LogP contribution in [0.15, 0.2) is 30.3 Å². The number of rotatable bonds is 3. The molecule has 1 unspecified atom stereocenters. The van der Waals surface area contributed by atoms with Gasteiger partial charge in [0.05, 0.1) is 0 Å². The number of likely N-dealkylation sites (tertiary alicyclic amines) is 1. The van der Waals surface area contributed by atoms with Gasteiger partial charge in [-0.15, -0.1) is 0 Å². The van der Waals surface area contributed by atoms with E-state index in [1.807, 2.05) is 30.3 Å². The van der Waals surface area contributed by atoms with Crippen molar-refractivity contribution in [3.8, 4) is 0 Å².